The van der Waals surface area contributed by atoms with Gasteiger partial charge in [0, 0.05) is 61.9 Å². The number of fused-ring (bicyclic) bond motifs is 3. The fraction of sp³-hybridized carbons (Fsp3) is 0.447. The fourth-order valence-corrected chi connectivity index (χ4v) is 9.03. The minimum absolute atomic E-state index is 0.212. The van der Waals surface area contributed by atoms with Crippen molar-refractivity contribution in [3.63, 3.8) is 0 Å². The number of anilines is 3. The van der Waals surface area contributed by atoms with Gasteiger partial charge in [0.2, 0.25) is 11.9 Å². The molecule has 1 atom stereocenters. The second-order valence-corrected chi connectivity index (χ2v) is 17.2. The Kier molecular flexibility index (Phi) is 14.0. The van der Waals surface area contributed by atoms with Crippen LogP contribution in [0.1, 0.15) is 94.5 Å². The summed E-state index contributed by atoms with van der Waals surface area (Å²) in [6.45, 7) is 14.2. The monoisotopic (exact) mass is 916 g/mol. The first-order chi connectivity index (χ1) is 32.4. The van der Waals surface area contributed by atoms with Crippen LogP contribution in [-0.2, 0) is 31.0 Å². The van der Waals surface area contributed by atoms with Crippen LogP contribution < -0.4 is 36.1 Å². The third-order valence-corrected chi connectivity index (χ3v) is 12.7. The van der Waals surface area contributed by atoms with E-state index in [2.05, 4.69) is 57.6 Å². The third kappa shape index (κ3) is 9.90. The van der Waals surface area contributed by atoms with Gasteiger partial charge < -0.3 is 44.8 Å². The van der Waals surface area contributed by atoms with Crippen LogP contribution >= 0.6 is 0 Å². The predicted molar refractivity (Wildman–Crippen MR) is 254 cm³/mol. The molecular formula is C47H60N14O6. The molecule has 20 heteroatoms. The van der Waals surface area contributed by atoms with E-state index in [0.717, 1.165) is 82.2 Å². The number of primary amides is 1. The van der Waals surface area contributed by atoms with Crippen molar-refractivity contribution in [3.05, 3.63) is 88.3 Å². The molecule has 5 aromatic rings. The highest BCUT2D eigenvalue weighted by molar-refractivity contribution is 6.04. The minimum atomic E-state index is -0.741. The lowest BCUT2D eigenvalue weighted by Crippen LogP contribution is -2.50. The number of benzene rings is 2. The Labute approximate surface area is 389 Å². The number of carbonyl (C=O) groups excluding carboxylic acids is 4. The highest BCUT2D eigenvalue weighted by Crippen LogP contribution is 2.43. The number of nitrogens with zero attached hydrogens (tertiary/aromatic N) is 10. The smallest absolute Gasteiger partial charge is 0.272 e. The zero-order chi connectivity index (χ0) is 47.4. The van der Waals surface area contributed by atoms with E-state index in [9.17, 15) is 19.2 Å². The van der Waals surface area contributed by atoms with Gasteiger partial charge in [-0.05, 0) is 97.4 Å². The normalized spacial score (nSPS) is 16.8. The number of ether oxygens (including phenoxy) is 2. The van der Waals surface area contributed by atoms with Gasteiger partial charge in [0.1, 0.15) is 46.3 Å². The molecular weight excluding hydrogens is 857 g/mol. The first-order valence-electron chi connectivity index (χ1n) is 22.8. The van der Waals surface area contributed by atoms with Gasteiger partial charge in [0.15, 0.2) is 6.29 Å². The SMILES string of the molecule is C/C=C(\C)C(=O)Nc1nc2cc(C(N)=O)cc(OC)c2n1C/C=C/CN1c2c(cc(C=O)cc2OCCCN2CCC(c3nnc4n3CCN(C)C4)CC2)NC1NC(=O)c1cc(C)nn1CC. The number of piperidine rings is 1. The number of nitrogens with one attached hydrogen (secondary N) is 3. The molecule has 67 heavy (non-hydrogen) atoms. The molecule has 5 N–H and O–H groups in total. The second-order valence-electron chi connectivity index (χ2n) is 17.2. The van der Waals surface area contributed by atoms with Crippen molar-refractivity contribution in [2.24, 2.45) is 5.73 Å². The minimum Gasteiger partial charge on any atom is -0.494 e. The van der Waals surface area contributed by atoms with Crippen molar-refractivity contribution in [1.82, 2.24) is 49.2 Å². The Bertz CT molecular complexity index is 2730. The number of aldehydes is 1. The van der Waals surface area contributed by atoms with Gasteiger partial charge in [-0.15, -0.1) is 10.2 Å². The molecule has 6 heterocycles. The highest BCUT2D eigenvalue weighted by atomic mass is 16.5. The number of rotatable bonds is 18. The molecule has 2 aromatic carbocycles. The van der Waals surface area contributed by atoms with Gasteiger partial charge in [0.05, 0.1) is 37.2 Å². The zero-order valence-electron chi connectivity index (χ0n) is 39.0. The Balaban J connectivity index is 1.01. The molecule has 20 nitrogen and oxygen atoms in total. The molecule has 3 aliphatic rings. The summed E-state index contributed by atoms with van der Waals surface area (Å²) in [7, 11) is 3.60. The first-order valence-corrected chi connectivity index (χ1v) is 22.8. The quantitative estimate of drug-likeness (QED) is 0.0417. The summed E-state index contributed by atoms with van der Waals surface area (Å²) in [5, 5.41) is 23.0. The van der Waals surface area contributed by atoms with Crippen molar-refractivity contribution in [1.29, 1.82) is 0 Å². The van der Waals surface area contributed by atoms with Crippen LogP contribution in [0.25, 0.3) is 11.0 Å². The predicted octanol–water partition coefficient (Wildman–Crippen LogP) is 4.27. The van der Waals surface area contributed by atoms with Crippen LogP contribution in [0.15, 0.2) is 54.1 Å². The molecule has 3 amide bonds. The van der Waals surface area contributed by atoms with E-state index in [-0.39, 0.29) is 36.4 Å². The maximum Gasteiger partial charge on any atom is 0.272 e. The Morgan fingerprint density at radius 1 is 1.01 bits per heavy atom. The number of likely N-dealkylation sites (N-methyl/N-ethyl adjacent to an activating group) is 1. The molecule has 3 aliphatic heterocycles. The van der Waals surface area contributed by atoms with E-state index >= 15 is 0 Å². The highest BCUT2D eigenvalue weighted by Gasteiger charge is 2.34. The summed E-state index contributed by atoms with van der Waals surface area (Å²) < 4.78 is 18.0. The number of imidazole rings is 1. The van der Waals surface area contributed by atoms with Gasteiger partial charge in [-0.2, -0.15) is 5.10 Å². The largest absolute Gasteiger partial charge is 0.494 e. The van der Waals surface area contributed by atoms with Gasteiger partial charge in [-0.3, -0.25) is 34.1 Å². The average molecular weight is 917 g/mol. The lowest BCUT2D eigenvalue weighted by molar-refractivity contribution is -0.112. The van der Waals surface area contributed by atoms with E-state index in [1.807, 2.05) is 30.9 Å². The molecule has 0 radical (unpaired) electrons. The second kappa shape index (κ2) is 20.2. The number of methoxy groups -OCH3 is 1. The first kappa shape index (κ1) is 46.5. The average Bonchev–Trinajstić information content (AvgIpc) is 4.10. The maximum atomic E-state index is 13.9. The summed E-state index contributed by atoms with van der Waals surface area (Å²) in [6, 6.07) is 8.34. The van der Waals surface area contributed by atoms with Crippen molar-refractivity contribution in [2.45, 2.75) is 85.3 Å². The van der Waals surface area contributed by atoms with E-state index in [1.54, 1.807) is 59.5 Å². The molecule has 0 spiro atoms. The zero-order valence-corrected chi connectivity index (χ0v) is 39.0. The van der Waals surface area contributed by atoms with Gasteiger partial charge >= 0.3 is 0 Å². The summed E-state index contributed by atoms with van der Waals surface area (Å²) >= 11 is 0. The Hall–Kier alpha value is -7.06. The van der Waals surface area contributed by atoms with Crippen LogP contribution in [-0.4, -0.2) is 128 Å². The van der Waals surface area contributed by atoms with E-state index in [0.29, 0.717) is 69.8 Å². The number of hydrogen-bond donors (Lipinski definition) is 4. The van der Waals surface area contributed by atoms with E-state index in [1.165, 1.54) is 7.11 Å². The van der Waals surface area contributed by atoms with Crippen LogP contribution in [0.4, 0.5) is 17.3 Å². The summed E-state index contributed by atoms with van der Waals surface area (Å²) in [5.74, 6) is 2.36. The lowest BCUT2D eigenvalue weighted by atomic mass is 9.95. The van der Waals surface area contributed by atoms with Gasteiger partial charge in [-0.25, -0.2) is 4.98 Å². The standard InChI is InChI=1S/C47H60N14O6/c1-7-29(3)44(64)51-46-50-35-25-33(42(48)63)26-37(66-6)40(35)59(46)15-9-10-16-60-41-34(49-47(60)52-45(65)36-22-30(4)55-61(36)8-2)23-31(28-62)24-38(41)67-21-11-14-57-17-12-32(13-18-57)43-54-53-39-27-56(5)19-20-58(39)43/h7,9-10,22-26,28,32,47,49H,8,11-21,27H2,1-6H3,(H2,48,63)(H,52,65)(H,50,51,64)/b10-9+,29-7+. The summed E-state index contributed by atoms with van der Waals surface area (Å²) in [6.07, 6.45) is 8.40. The van der Waals surface area contributed by atoms with Crippen molar-refractivity contribution in [3.8, 4) is 11.5 Å². The van der Waals surface area contributed by atoms with Crippen LogP contribution in [0.5, 0.6) is 11.5 Å². The number of likely N-dealkylation sites (tertiary alicyclic amines) is 1. The van der Waals surface area contributed by atoms with Crippen molar-refractivity contribution < 1.29 is 28.7 Å². The number of allylic oxidation sites excluding steroid dienone is 2. The molecule has 354 valence electrons. The summed E-state index contributed by atoms with van der Waals surface area (Å²) in [4.78, 5) is 62.9. The fourth-order valence-electron chi connectivity index (χ4n) is 9.03. The molecule has 1 fully saturated rings. The Morgan fingerprint density at radius 2 is 1.81 bits per heavy atom. The third-order valence-electron chi connectivity index (χ3n) is 12.7. The Morgan fingerprint density at radius 3 is 2.54 bits per heavy atom. The van der Waals surface area contributed by atoms with Gasteiger partial charge in [-0.1, -0.05) is 18.2 Å². The number of aryl methyl sites for hydroxylation is 2. The number of carbonyl (C=O) groups is 4. The molecule has 1 saturated heterocycles. The lowest BCUT2D eigenvalue weighted by Gasteiger charge is -2.32. The number of hydrogen-bond acceptors (Lipinski definition) is 14. The topological polar surface area (TPSA) is 225 Å². The molecule has 0 saturated carbocycles. The molecule has 0 bridgehead atoms. The van der Waals surface area contributed by atoms with Crippen LogP contribution in [0, 0.1) is 6.92 Å². The number of amides is 3. The molecule has 1 unspecified atom stereocenters. The van der Waals surface area contributed by atoms with Crippen molar-refractivity contribution in [2.75, 3.05) is 69.0 Å². The summed E-state index contributed by atoms with van der Waals surface area (Å²) in [5.41, 5.74) is 10.2. The maximum absolute atomic E-state index is 13.9. The van der Waals surface area contributed by atoms with Crippen molar-refractivity contribution >= 4 is 52.4 Å². The number of aromatic nitrogens is 7. The number of nitrogens with two attached hydrogens (primary N) is 1. The van der Waals surface area contributed by atoms with E-state index in [4.69, 9.17) is 15.2 Å². The van der Waals surface area contributed by atoms with Crippen LogP contribution in [0.2, 0.25) is 0 Å². The van der Waals surface area contributed by atoms with E-state index < -0.39 is 12.2 Å². The molecule has 8 rings (SSSR count). The molecule has 3 aromatic heterocycles. The van der Waals surface area contributed by atoms with Crippen LogP contribution in [0.3, 0.4) is 0 Å². The van der Waals surface area contributed by atoms with Gasteiger partial charge in [0.25, 0.3) is 11.8 Å². The molecule has 0 aliphatic carbocycles.